The number of nitrogens with zero attached hydrogens (tertiary/aromatic N) is 2. The molecule has 1 atom stereocenters. The summed E-state index contributed by atoms with van der Waals surface area (Å²) >= 11 is 1.38. The number of hydrogen-bond donors (Lipinski definition) is 2. The molecule has 1 fully saturated rings. The molecule has 2 N–H and O–H groups in total. The first-order valence-corrected chi connectivity index (χ1v) is 10.3. The lowest BCUT2D eigenvalue weighted by atomic mass is 9.96. The van der Waals surface area contributed by atoms with Gasteiger partial charge in [-0.15, -0.1) is 11.3 Å². The molecule has 3 rings (SSSR count). The SMILES string of the molecule is COc1ccc(Nc2nc(C(=O)N3CCCC(C(=O)NC(C)C)C3)cs2)cc1. The second-order valence-corrected chi connectivity index (χ2v) is 8.00. The third-order valence-corrected chi connectivity index (χ3v) is 5.33. The highest BCUT2D eigenvalue weighted by molar-refractivity contribution is 7.14. The van der Waals surface area contributed by atoms with Crippen LogP contribution < -0.4 is 15.4 Å². The lowest BCUT2D eigenvalue weighted by Gasteiger charge is -2.32. The lowest BCUT2D eigenvalue weighted by molar-refractivity contribution is -0.126. The molecular weight excluding hydrogens is 376 g/mol. The van der Waals surface area contributed by atoms with Gasteiger partial charge >= 0.3 is 0 Å². The van der Waals surface area contributed by atoms with Crippen molar-refractivity contribution in [1.29, 1.82) is 0 Å². The number of nitrogens with one attached hydrogen (secondary N) is 2. The third-order valence-electron chi connectivity index (χ3n) is 4.57. The molecule has 1 saturated heterocycles. The van der Waals surface area contributed by atoms with Crippen LogP contribution in [0.5, 0.6) is 5.75 Å². The molecule has 2 heterocycles. The van der Waals surface area contributed by atoms with Crippen LogP contribution in [0.2, 0.25) is 0 Å². The van der Waals surface area contributed by atoms with E-state index in [1.807, 2.05) is 38.1 Å². The lowest BCUT2D eigenvalue weighted by Crippen LogP contribution is -2.46. The summed E-state index contributed by atoms with van der Waals surface area (Å²) in [5.74, 6) is 0.519. The summed E-state index contributed by atoms with van der Waals surface area (Å²) in [4.78, 5) is 31.3. The molecule has 1 aliphatic rings. The van der Waals surface area contributed by atoms with Gasteiger partial charge in [-0.2, -0.15) is 0 Å². The Kier molecular flexibility index (Phi) is 6.51. The molecule has 2 amide bonds. The van der Waals surface area contributed by atoms with Gasteiger partial charge in [0.05, 0.1) is 13.0 Å². The Morgan fingerprint density at radius 2 is 2.04 bits per heavy atom. The van der Waals surface area contributed by atoms with Gasteiger partial charge in [0.25, 0.3) is 5.91 Å². The number of piperidine rings is 1. The van der Waals surface area contributed by atoms with Crippen molar-refractivity contribution in [3.8, 4) is 5.75 Å². The van der Waals surface area contributed by atoms with Crippen molar-refractivity contribution in [2.24, 2.45) is 5.92 Å². The minimum atomic E-state index is -0.157. The van der Waals surface area contributed by atoms with Crippen molar-refractivity contribution >= 4 is 34.0 Å². The van der Waals surface area contributed by atoms with E-state index in [4.69, 9.17) is 4.74 Å². The number of anilines is 2. The predicted octanol–water partition coefficient (Wildman–Crippen LogP) is 3.27. The van der Waals surface area contributed by atoms with Crippen LogP contribution in [-0.4, -0.2) is 47.9 Å². The zero-order chi connectivity index (χ0) is 20.1. The minimum Gasteiger partial charge on any atom is -0.497 e. The number of carbonyl (C=O) groups excluding carboxylic acids is 2. The number of amides is 2. The van der Waals surface area contributed by atoms with Crippen LogP contribution in [0.4, 0.5) is 10.8 Å². The Morgan fingerprint density at radius 1 is 1.29 bits per heavy atom. The Labute approximate surface area is 169 Å². The van der Waals surface area contributed by atoms with Crippen molar-refractivity contribution in [2.75, 3.05) is 25.5 Å². The van der Waals surface area contributed by atoms with Crippen molar-refractivity contribution in [1.82, 2.24) is 15.2 Å². The Bertz CT molecular complexity index is 819. The number of methoxy groups -OCH3 is 1. The largest absolute Gasteiger partial charge is 0.497 e. The van der Waals surface area contributed by atoms with Gasteiger partial charge in [-0.1, -0.05) is 0 Å². The van der Waals surface area contributed by atoms with Crippen molar-refractivity contribution < 1.29 is 14.3 Å². The van der Waals surface area contributed by atoms with Gasteiger partial charge in [0.2, 0.25) is 5.91 Å². The summed E-state index contributed by atoms with van der Waals surface area (Å²) in [5, 5.41) is 8.55. The van der Waals surface area contributed by atoms with Gasteiger partial charge in [-0.3, -0.25) is 9.59 Å². The zero-order valence-electron chi connectivity index (χ0n) is 16.4. The van der Waals surface area contributed by atoms with Crippen LogP contribution in [0.15, 0.2) is 29.6 Å². The molecule has 1 unspecified atom stereocenters. The van der Waals surface area contributed by atoms with Crippen LogP contribution in [-0.2, 0) is 4.79 Å². The van der Waals surface area contributed by atoms with Gasteiger partial charge in [-0.05, 0) is 51.0 Å². The van der Waals surface area contributed by atoms with Crippen LogP contribution in [0.25, 0.3) is 0 Å². The molecule has 0 spiro atoms. The van der Waals surface area contributed by atoms with Crippen LogP contribution >= 0.6 is 11.3 Å². The standard InChI is InChI=1S/C20H26N4O3S/c1-13(2)21-18(25)14-5-4-10-24(11-14)19(26)17-12-28-20(23-17)22-15-6-8-16(27-3)9-7-15/h6-9,12-14H,4-5,10-11H2,1-3H3,(H,21,25)(H,22,23). The summed E-state index contributed by atoms with van der Waals surface area (Å²) in [6.07, 6.45) is 1.63. The molecule has 28 heavy (non-hydrogen) atoms. The normalized spacial score (nSPS) is 16.7. The fourth-order valence-corrected chi connectivity index (χ4v) is 3.87. The van der Waals surface area contributed by atoms with E-state index in [1.54, 1.807) is 17.4 Å². The minimum absolute atomic E-state index is 0.0210. The fourth-order valence-electron chi connectivity index (χ4n) is 3.17. The van der Waals surface area contributed by atoms with E-state index >= 15 is 0 Å². The van der Waals surface area contributed by atoms with E-state index in [-0.39, 0.29) is 23.8 Å². The van der Waals surface area contributed by atoms with Gasteiger partial charge in [-0.25, -0.2) is 4.98 Å². The van der Waals surface area contributed by atoms with E-state index in [9.17, 15) is 9.59 Å². The molecular formula is C20H26N4O3S. The molecule has 1 aromatic heterocycles. The van der Waals surface area contributed by atoms with E-state index in [0.29, 0.717) is 23.9 Å². The average molecular weight is 403 g/mol. The summed E-state index contributed by atoms with van der Waals surface area (Å²) in [6, 6.07) is 7.61. The Balaban J connectivity index is 1.62. The van der Waals surface area contributed by atoms with Gasteiger partial charge in [0.15, 0.2) is 5.13 Å². The molecule has 1 aliphatic heterocycles. The van der Waals surface area contributed by atoms with Gasteiger partial charge < -0.3 is 20.3 Å². The molecule has 1 aromatic carbocycles. The van der Waals surface area contributed by atoms with Crippen LogP contribution in [0.1, 0.15) is 37.2 Å². The number of rotatable bonds is 6. The molecule has 0 bridgehead atoms. The molecule has 150 valence electrons. The van der Waals surface area contributed by atoms with Crippen molar-refractivity contribution in [3.63, 3.8) is 0 Å². The Morgan fingerprint density at radius 3 is 2.71 bits per heavy atom. The highest BCUT2D eigenvalue weighted by atomic mass is 32.1. The maximum atomic E-state index is 12.8. The highest BCUT2D eigenvalue weighted by Gasteiger charge is 2.30. The van der Waals surface area contributed by atoms with E-state index < -0.39 is 0 Å². The smallest absolute Gasteiger partial charge is 0.273 e. The van der Waals surface area contributed by atoms with Crippen molar-refractivity contribution in [2.45, 2.75) is 32.7 Å². The third kappa shape index (κ3) is 5.01. The topological polar surface area (TPSA) is 83.6 Å². The summed E-state index contributed by atoms with van der Waals surface area (Å²) in [6.45, 7) is 4.98. The number of likely N-dealkylation sites (tertiary alicyclic amines) is 1. The second kappa shape index (κ2) is 9.05. The molecule has 7 nitrogen and oxygen atoms in total. The average Bonchev–Trinajstić information content (AvgIpc) is 3.16. The maximum Gasteiger partial charge on any atom is 0.273 e. The predicted molar refractivity (Wildman–Crippen MR) is 110 cm³/mol. The number of carbonyl (C=O) groups is 2. The van der Waals surface area contributed by atoms with Crippen LogP contribution in [0.3, 0.4) is 0 Å². The first kappa shape index (κ1) is 20.1. The van der Waals surface area contributed by atoms with Crippen LogP contribution in [0, 0.1) is 5.92 Å². The monoisotopic (exact) mass is 402 g/mol. The summed E-state index contributed by atoms with van der Waals surface area (Å²) < 4.78 is 5.15. The zero-order valence-corrected chi connectivity index (χ0v) is 17.2. The summed E-state index contributed by atoms with van der Waals surface area (Å²) in [7, 11) is 1.62. The number of aromatic nitrogens is 1. The fraction of sp³-hybridized carbons (Fsp3) is 0.450. The molecule has 0 saturated carbocycles. The number of ether oxygens (including phenoxy) is 1. The first-order valence-electron chi connectivity index (χ1n) is 9.42. The molecule has 0 aliphatic carbocycles. The van der Waals surface area contributed by atoms with E-state index in [2.05, 4.69) is 15.6 Å². The second-order valence-electron chi connectivity index (χ2n) is 7.15. The quantitative estimate of drug-likeness (QED) is 0.775. The number of thiazole rings is 1. The Hall–Kier alpha value is -2.61. The first-order chi connectivity index (χ1) is 13.5. The van der Waals surface area contributed by atoms with Gasteiger partial charge in [0.1, 0.15) is 11.4 Å². The van der Waals surface area contributed by atoms with Crippen molar-refractivity contribution in [3.05, 3.63) is 35.3 Å². The highest BCUT2D eigenvalue weighted by Crippen LogP contribution is 2.25. The summed E-state index contributed by atoms with van der Waals surface area (Å²) in [5.41, 5.74) is 1.28. The molecule has 0 radical (unpaired) electrons. The van der Waals surface area contributed by atoms with E-state index in [1.165, 1.54) is 11.3 Å². The molecule has 2 aromatic rings. The number of hydrogen-bond acceptors (Lipinski definition) is 6. The maximum absolute atomic E-state index is 12.8. The van der Waals surface area contributed by atoms with E-state index in [0.717, 1.165) is 24.3 Å². The van der Waals surface area contributed by atoms with Gasteiger partial charge in [0, 0.05) is 30.2 Å². The molecule has 8 heteroatoms. The number of benzene rings is 1.